The van der Waals surface area contributed by atoms with Crippen LogP contribution in [0.25, 0.3) is 0 Å². The van der Waals surface area contributed by atoms with Gasteiger partial charge in [0.1, 0.15) is 16.9 Å². The van der Waals surface area contributed by atoms with Gasteiger partial charge in [-0.2, -0.15) is 4.37 Å². The van der Waals surface area contributed by atoms with Crippen molar-refractivity contribution in [3.63, 3.8) is 0 Å². The number of rotatable bonds is 7. The predicted molar refractivity (Wildman–Crippen MR) is 90.2 cm³/mol. The number of carbonyl (C=O) groups excluding carboxylic acids is 2. The Kier molecular flexibility index (Phi) is 4.30. The van der Waals surface area contributed by atoms with Gasteiger partial charge in [0.25, 0.3) is 5.91 Å². The molecular formula is C14H17N7O2S. The second kappa shape index (κ2) is 6.40. The van der Waals surface area contributed by atoms with E-state index in [1.54, 1.807) is 6.92 Å². The first-order valence-electron chi connectivity index (χ1n) is 7.40. The van der Waals surface area contributed by atoms with Crippen molar-refractivity contribution < 1.29 is 9.59 Å². The van der Waals surface area contributed by atoms with E-state index in [9.17, 15) is 9.59 Å². The molecule has 0 aliphatic heterocycles. The summed E-state index contributed by atoms with van der Waals surface area (Å²) in [7, 11) is 0. The summed E-state index contributed by atoms with van der Waals surface area (Å²) in [5.74, 6) is -0.188. The van der Waals surface area contributed by atoms with E-state index in [2.05, 4.69) is 25.0 Å². The van der Waals surface area contributed by atoms with Crippen LogP contribution in [0.5, 0.6) is 0 Å². The lowest BCUT2D eigenvalue weighted by atomic mass is 10.3. The number of amides is 2. The monoisotopic (exact) mass is 347 g/mol. The van der Waals surface area contributed by atoms with Gasteiger partial charge in [-0.15, -0.1) is 0 Å². The third-order valence-corrected chi connectivity index (χ3v) is 4.28. The molecule has 2 aromatic heterocycles. The molecule has 0 bridgehead atoms. The van der Waals surface area contributed by atoms with Gasteiger partial charge in [0, 0.05) is 5.92 Å². The van der Waals surface area contributed by atoms with E-state index >= 15 is 0 Å². The van der Waals surface area contributed by atoms with Crippen molar-refractivity contribution in [2.75, 3.05) is 10.6 Å². The van der Waals surface area contributed by atoms with Gasteiger partial charge in [0.2, 0.25) is 5.91 Å². The Bertz CT molecular complexity index is 787. The molecule has 1 saturated carbocycles. The zero-order valence-electron chi connectivity index (χ0n) is 12.9. The lowest BCUT2D eigenvalue weighted by Gasteiger charge is -2.13. The molecule has 2 heterocycles. The quantitative estimate of drug-likeness (QED) is 0.582. The summed E-state index contributed by atoms with van der Waals surface area (Å²) >= 11 is 1.28. The number of primary amides is 2. The van der Waals surface area contributed by atoms with E-state index in [1.807, 2.05) is 6.07 Å². The topological polar surface area (TPSA) is 149 Å². The average Bonchev–Trinajstić information content (AvgIpc) is 3.27. The minimum Gasteiger partial charge on any atom is -0.368 e. The minimum absolute atomic E-state index is 0.00801. The van der Waals surface area contributed by atoms with Crippen LogP contribution in [0, 0.1) is 0 Å². The summed E-state index contributed by atoms with van der Waals surface area (Å²) in [4.78, 5) is 31.0. The Balaban J connectivity index is 1.84. The minimum atomic E-state index is -0.702. The molecule has 24 heavy (non-hydrogen) atoms. The summed E-state index contributed by atoms with van der Waals surface area (Å²) in [5.41, 5.74) is 11.6. The highest BCUT2D eigenvalue weighted by Crippen LogP contribution is 2.41. The van der Waals surface area contributed by atoms with Crippen LogP contribution in [-0.2, 0) is 4.79 Å². The van der Waals surface area contributed by atoms with Crippen LogP contribution in [0.2, 0.25) is 0 Å². The molecule has 0 spiro atoms. The third-order valence-electron chi connectivity index (χ3n) is 3.56. The number of nitrogens with zero attached hydrogens (tertiary/aromatic N) is 3. The van der Waals surface area contributed by atoms with Crippen LogP contribution in [-0.4, -0.2) is 32.2 Å². The van der Waals surface area contributed by atoms with E-state index < -0.39 is 17.9 Å². The summed E-state index contributed by atoms with van der Waals surface area (Å²) in [6.07, 6.45) is 3.63. The fourth-order valence-corrected chi connectivity index (χ4v) is 2.78. The summed E-state index contributed by atoms with van der Waals surface area (Å²) in [5, 5.41) is 6.58. The fourth-order valence-electron chi connectivity index (χ4n) is 2.06. The second-order valence-corrected chi connectivity index (χ2v) is 6.41. The van der Waals surface area contributed by atoms with E-state index in [0.717, 1.165) is 23.5 Å². The zero-order valence-corrected chi connectivity index (χ0v) is 13.8. The molecule has 1 aliphatic carbocycles. The normalized spacial score (nSPS) is 14.9. The lowest BCUT2D eigenvalue weighted by molar-refractivity contribution is -0.118. The number of aromatic nitrogens is 3. The molecule has 3 rings (SSSR count). The van der Waals surface area contributed by atoms with E-state index in [-0.39, 0.29) is 11.5 Å². The van der Waals surface area contributed by atoms with Crippen molar-refractivity contribution in [1.29, 1.82) is 0 Å². The highest BCUT2D eigenvalue weighted by molar-refractivity contribution is 7.10. The average molecular weight is 347 g/mol. The SMILES string of the molecule is C[C@@H](Nc1cnc(C(N)=O)c(Nc2cc(C3CC3)ns2)n1)C(N)=O. The predicted octanol–water partition coefficient (Wildman–Crippen LogP) is 0.939. The van der Waals surface area contributed by atoms with Crippen molar-refractivity contribution in [2.45, 2.75) is 31.7 Å². The number of hydrogen-bond acceptors (Lipinski definition) is 8. The van der Waals surface area contributed by atoms with Gasteiger partial charge in [-0.25, -0.2) is 9.97 Å². The molecule has 0 radical (unpaired) electrons. The summed E-state index contributed by atoms with van der Waals surface area (Å²) in [6, 6.07) is 1.30. The van der Waals surface area contributed by atoms with E-state index in [1.165, 1.54) is 17.7 Å². The van der Waals surface area contributed by atoms with Crippen LogP contribution >= 0.6 is 11.5 Å². The Labute approximate surface area is 142 Å². The van der Waals surface area contributed by atoms with Gasteiger partial charge < -0.3 is 22.1 Å². The second-order valence-electron chi connectivity index (χ2n) is 5.60. The Morgan fingerprint density at radius 2 is 2.12 bits per heavy atom. The van der Waals surface area contributed by atoms with Gasteiger partial charge >= 0.3 is 0 Å². The largest absolute Gasteiger partial charge is 0.368 e. The molecule has 10 heteroatoms. The van der Waals surface area contributed by atoms with Crippen molar-refractivity contribution in [2.24, 2.45) is 11.5 Å². The van der Waals surface area contributed by atoms with Gasteiger partial charge in [0.15, 0.2) is 11.5 Å². The summed E-state index contributed by atoms with van der Waals surface area (Å²) in [6.45, 7) is 1.60. The molecule has 6 N–H and O–H groups in total. The number of anilines is 3. The molecule has 2 amide bonds. The first-order chi connectivity index (χ1) is 11.4. The highest BCUT2D eigenvalue weighted by Gasteiger charge is 2.26. The molecule has 9 nitrogen and oxygen atoms in total. The van der Waals surface area contributed by atoms with Crippen LogP contribution in [0.15, 0.2) is 12.3 Å². The van der Waals surface area contributed by atoms with Crippen LogP contribution in [0.1, 0.15) is 41.9 Å². The van der Waals surface area contributed by atoms with Gasteiger partial charge in [-0.3, -0.25) is 9.59 Å². The molecule has 0 aromatic carbocycles. The van der Waals surface area contributed by atoms with Crippen molar-refractivity contribution in [3.05, 3.63) is 23.7 Å². The standard InChI is InChI=1S/C14H17N7O2S/c1-6(12(15)22)18-9-5-17-11(13(16)23)14(19-9)20-10-4-8(21-24-10)7-2-3-7/h4-7H,2-3H2,1H3,(H2,15,22)(H2,16,23)(H2,18,19,20)/t6-/m1/s1. The number of nitrogens with two attached hydrogens (primary N) is 2. The molecule has 1 aliphatic rings. The first kappa shape index (κ1) is 16.1. The Hall–Kier alpha value is -2.75. The van der Waals surface area contributed by atoms with Crippen molar-refractivity contribution >= 4 is 40.0 Å². The highest BCUT2D eigenvalue weighted by atomic mass is 32.1. The van der Waals surface area contributed by atoms with Gasteiger partial charge in [-0.05, 0) is 37.4 Å². The Morgan fingerprint density at radius 3 is 2.75 bits per heavy atom. The van der Waals surface area contributed by atoms with Crippen molar-refractivity contribution in [3.8, 4) is 0 Å². The smallest absolute Gasteiger partial charge is 0.271 e. The third kappa shape index (κ3) is 3.59. The maximum Gasteiger partial charge on any atom is 0.271 e. The van der Waals surface area contributed by atoms with Gasteiger partial charge in [-0.1, -0.05) is 0 Å². The molecule has 1 fully saturated rings. The van der Waals surface area contributed by atoms with E-state index in [4.69, 9.17) is 11.5 Å². The van der Waals surface area contributed by atoms with Crippen LogP contribution in [0.4, 0.5) is 16.6 Å². The fraction of sp³-hybridized carbons (Fsp3) is 0.357. The maximum absolute atomic E-state index is 11.6. The van der Waals surface area contributed by atoms with Gasteiger partial charge in [0.05, 0.1) is 11.9 Å². The number of hydrogen-bond donors (Lipinski definition) is 4. The van der Waals surface area contributed by atoms with Crippen molar-refractivity contribution in [1.82, 2.24) is 14.3 Å². The number of carbonyl (C=O) groups is 2. The molecule has 126 valence electrons. The molecular weight excluding hydrogens is 330 g/mol. The van der Waals surface area contributed by atoms with Crippen LogP contribution < -0.4 is 22.1 Å². The lowest BCUT2D eigenvalue weighted by Crippen LogP contribution is -2.33. The summed E-state index contributed by atoms with van der Waals surface area (Å²) < 4.78 is 4.38. The van der Waals surface area contributed by atoms with E-state index in [0.29, 0.717) is 11.7 Å². The Morgan fingerprint density at radius 1 is 1.38 bits per heavy atom. The first-order valence-corrected chi connectivity index (χ1v) is 8.17. The molecule has 1 atom stereocenters. The molecule has 0 unspecified atom stereocenters. The zero-order chi connectivity index (χ0) is 17.3. The number of nitrogens with one attached hydrogen (secondary N) is 2. The molecule has 2 aromatic rings. The maximum atomic E-state index is 11.6. The van der Waals surface area contributed by atoms with Crippen LogP contribution in [0.3, 0.4) is 0 Å². The molecule has 0 saturated heterocycles.